The predicted molar refractivity (Wildman–Crippen MR) is 44.5 cm³/mol. The lowest BCUT2D eigenvalue weighted by Gasteiger charge is -2.16. The van der Waals surface area contributed by atoms with Crippen LogP contribution in [0.2, 0.25) is 0 Å². The Morgan fingerprint density at radius 1 is 1.60 bits per heavy atom. The average molecular weight is 166 g/mol. The summed E-state index contributed by atoms with van der Waals surface area (Å²) in [7, 11) is 0. The fourth-order valence-corrected chi connectivity index (χ4v) is 1.42. The van der Waals surface area contributed by atoms with Gasteiger partial charge in [0.1, 0.15) is 0 Å². The summed E-state index contributed by atoms with van der Waals surface area (Å²) in [4.78, 5) is 0. The van der Waals surface area contributed by atoms with E-state index in [0.717, 1.165) is 13.0 Å². The lowest BCUT2D eigenvalue weighted by atomic mass is 9.98. The molecule has 2 nitrogen and oxygen atoms in total. The van der Waals surface area contributed by atoms with Crippen molar-refractivity contribution in [3.8, 4) is 0 Å². The summed E-state index contributed by atoms with van der Waals surface area (Å²) in [5.74, 6) is 0.486. The maximum Gasteiger partial charge on any atom is 0.0472 e. The number of rotatable bonds is 1. The van der Waals surface area contributed by atoms with Crippen LogP contribution >= 0.6 is 12.4 Å². The van der Waals surface area contributed by atoms with E-state index >= 15 is 0 Å². The molecule has 1 aliphatic rings. The van der Waals surface area contributed by atoms with Crippen LogP contribution in [0.5, 0.6) is 0 Å². The van der Waals surface area contributed by atoms with Crippen LogP contribution in [0.4, 0.5) is 0 Å². The van der Waals surface area contributed by atoms with Gasteiger partial charge in [0, 0.05) is 18.7 Å². The first-order valence-corrected chi connectivity index (χ1v) is 3.50. The summed E-state index contributed by atoms with van der Waals surface area (Å²) in [5, 5.41) is 12.1. The standard InChI is InChI=1S/C7H15NO.ClH/c1-7(2)3-6(5-9)4-8-7;/h6,8-9H,3-5H2,1-2H3;1H/t6-;/m1./s1. The molecule has 0 bridgehead atoms. The minimum absolute atomic E-state index is 0. The number of aliphatic hydroxyl groups excluding tert-OH is 1. The van der Waals surface area contributed by atoms with E-state index in [1.54, 1.807) is 0 Å². The van der Waals surface area contributed by atoms with Crippen LogP contribution in [0.25, 0.3) is 0 Å². The monoisotopic (exact) mass is 165 g/mol. The van der Waals surface area contributed by atoms with Crippen molar-refractivity contribution >= 4 is 12.4 Å². The van der Waals surface area contributed by atoms with Gasteiger partial charge in [-0.2, -0.15) is 0 Å². The summed E-state index contributed by atoms with van der Waals surface area (Å²) in [6, 6.07) is 0. The number of hydrogen-bond acceptors (Lipinski definition) is 2. The molecule has 1 aliphatic heterocycles. The molecule has 2 N–H and O–H groups in total. The minimum atomic E-state index is 0. The lowest BCUT2D eigenvalue weighted by molar-refractivity contribution is 0.232. The topological polar surface area (TPSA) is 32.3 Å². The molecule has 0 aromatic rings. The molecule has 1 heterocycles. The van der Waals surface area contributed by atoms with Gasteiger partial charge in [0.2, 0.25) is 0 Å². The van der Waals surface area contributed by atoms with E-state index in [1.165, 1.54) is 0 Å². The number of halogens is 1. The Bertz CT molecular complexity index is 106. The maximum absolute atomic E-state index is 8.76. The first-order chi connectivity index (χ1) is 4.14. The second-order valence-electron chi connectivity index (χ2n) is 3.52. The Morgan fingerprint density at radius 3 is 2.40 bits per heavy atom. The van der Waals surface area contributed by atoms with Crippen LogP contribution in [-0.2, 0) is 0 Å². The first kappa shape index (κ1) is 10.2. The van der Waals surface area contributed by atoms with Crippen molar-refractivity contribution in [2.24, 2.45) is 5.92 Å². The van der Waals surface area contributed by atoms with Gasteiger partial charge in [-0.3, -0.25) is 0 Å². The Kier molecular flexibility index (Phi) is 3.63. The summed E-state index contributed by atoms with van der Waals surface area (Å²) in [5.41, 5.74) is 0.257. The summed E-state index contributed by atoms with van der Waals surface area (Å²) >= 11 is 0. The largest absolute Gasteiger partial charge is 0.396 e. The molecule has 10 heavy (non-hydrogen) atoms. The van der Waals surface area contributed by atoms with E-state index in [0.29, 0.717) is 12.5 Å². The van der Waals surface area contributed by atoms with Gasteiger partial charge in [-0.05, 0) is 26.2 Å². The molecule has 0 unspecified atom stereocenters. The average Bonchev–Trinajstić information content (AvgIpc) is 2.10. The van der Waals surface area contributed by atoms with E-state index in [1.807, 2.05) is 0 Å². The highest BCUT2D eigenvalue weighted by Gasteiger charge is 2.29. The van der Waals surface area contributed by atoms with Gasteiger partial charge in [0.15, 0.2) is 0 Å². The molecule has 0 aromatic heterocycles. The molecule has 0 radical (unpaired) electrons. The third-order valence-electron chi connectivity index (χ3n) is 1.93. The highest BCUT2D eigenvalue weighted by atomic mass is 35.5. The molecular formula is C7H16ClNO. The van der Waals surface area contributed by atoms with E-state index in [9.17, 15) is 0 Å². The lowest BCUT2D eigenvalue weighted by Crippen LogP contribution is -2.31. The molecule has 1 rings (SSSR count). The number of aliphatic hydroxyl groups is 1. The van der Waals surface area contributed by atoms with E-state index in [2.05, 4.69) is 19.2 Å². The van der Waals surface area contributed by atoms with Gasteiger partial charge in [0.05, 0.1) is 0 Å². The summed E-state index contributed by atoms with van der Waals surface area (Å²) in [6.07, 6.45) is 1.10. The van der Waals surface area contributed by atoms with Crippen molar-refractivity contribution in [3.63, 3.8) is 0 Å². The Morgan fingerprint density at radius 2 is 2.20 bits per heavy atom. The zero-order valence-electron chi connectivity index (χ0n) is 6.55. The SMILES string of the molecule is CC1(C)C[C@@H](CO)CN1.Cl. The minimum Gasteiger partial charge on any atom is -0.396 e. The predicted octanol–water partition coefficient (Wildman–Crippen LogP) is 0.789. The zero-order chi connectivity index (χ0) is 6.91. The molecule has 3 heteroatoms. The Balaban J connectivity index is 0.000000810. The van der Waals surface area contributed by atoms with E-state index in [-0.39, 0.29) is 17.9 Å². The molecular weight excluding hydrogens is 150 g/mol. The molecule has 0 aliphatic carbocycles. The summed E-state index contributed by atoms with van der Waals surface area (Å²) in [6.45, 7) is 5.64. The molecule has 0 spiro atoms. The number of hydrogen-bond donors (Lipinski definition) is 2. The first-order valence-electron chi connectivity index (χ1n) is 3.50. The molecule has 1 atom stereocenters. The zero-order valence-corrected chi connectivity index (χ0v) is 7.37. The van der Waals surface area contributed by atoms with Gasteiger partial charge >= 0.3 is 0 Å². The third-order valence-corrected chi connectivity index (χ3v) is 1.93. The van der Waals surface area contributed by atoms with Crippen LogP contribution in [0.1, 0.15) is 20.3 Å². The van der Waals surface area contributed by atoms with E-state index in [4.69, 9.17) is 5.11 Å². The number of nitrogens with one attached hydrogen (secondary N) is 1. The fraction of sp³-hybridized carbons (Fsp3) is 1.00. The molecule has 1 saturated heterocycles. The molecule has 0 saturated carbocycles. The fourth-order valence-electron chi connectivity index (χ4n) is 1.42. The third kappa shape index (κ3) is 2.45. The van der Waals surface area contributed by atoms with Gasteiger partial charge in [-0.25, -0.2) is 0 Å². The Labute approximate surface area is 68.4 Å². The molecule has 0 amide bonds. The van der Waals surface area contributed by atoms with Gasteiger partial charge in [0.25, 0.3) is 0 Å². The highest BCUT2D eigenvalue weighted by Crippen LogP contribution is 2.21. The second-order valence-corrected chi connectivity index (χ2v) is 3.52. The maximum atomic E-state index is 8.76. The van der Waals surface area contributed by atoms with Crippen LogP contribution in [0.3, 0.4) is 0 Å². The molecule has 62 valence electrons. The van der Waals surface area contributed by atoms with Gasteiger partial charge in [-0.15, -0.1) is 12.4 Å². The van der Waals surface area contributed by atoms with Crippen molar-refractivity contribution in [1.29, 1.82) is 0 Å². The molecule has 0 aromatic carbocycles. The van der Waals surface area contributed by atoms with Crippen LogP contribution < -0.4 is 5.32 Å². The summed E-state index contributed by atoms with van der Waals surface area (Å²) < 4.78 is 0. The van der Waals surface area contributed by atoms with Crippen molar-refractivity contribution in [2.45, 2.75) is 25.8 Å². The quantitative estimate of drug-likeness (QED) is 0.602. The van der Waals surface area contributed by atoms with Crippen LogP contribution in [0.15, 0.2) is 0 Å². The van der Waals surface area contributed by atoms with Crippen LogP contribution in [-0.4, -0.2) is 23.8 Å². The van der Waals surface area contributed by atoms with Crippen molar-refractivity contribution < 1.29 is 5.11 Å². The second kappa shape index (κ2) is 3.56. The van der Waals surface area contributed by atoms with Gasteiger partial charge in [-0.1, -0.05) is 0 Å². The molecule has 1 fully saturated rings. The normalized spacial score (nSPS) is 29.7. The smallest absolute Gasteiger partial charge is 0.0472 e. The van der Waals surface area contributed by atoms with Crippen molar-refractivity contribution in [2.75, 3.05) is 13.2 Å². The van der Waals surface area contributed by atoms with Crippen LogP contribution in [0, 0.1) is 5.92 Å². The van der Waals surface area contributed by atoms with Crippen molar-refractivity contribution in [3.05, 3.63) is 0 Å². The Hall–Kier alpha value is 0.210. The van der Waals surface area contributed by atoms with Gasteiger partial charge < -0.3 is 10.4 Å². The van der Waals surface area contributed by atoms with E-state index < -0.39 is 0 Å². The highest BCUT2D eigenvalue weighted by molar-refractivity contribution is 5.85. The van der Waals surface area contributed by atoms with Crippen molar-refractivity contribution in [1.82, 2.24) is 5.32 Å².